The first-order valence-electron chi connectivity index (χ1n) is 6.37. The number of halogens is 1. The monoisotopic (exact) mass is 235 g/mol. The number of fused-ring (bicyclic) bond motifs is 2. The van der Waals surface area contributed by atoms with Gasteiger partial charge in [-0.05, 0) is 48.9 Å². The van der Waals surface area contributed by atoms with Crippen LogP contribution in [-0.2, 0) is 0 Å². The van der Waals surface area contributed by atoms with E-state index in [4.69, 9.17) is 4.74 Å². The molecule has 92 valence electrons. The summed E-state index contributed by atoms with van der Waals surface area (Å²) in [5.74, 6) is 2.09. The van der Waals surface area contributed by atoms with E-state index in [1.165, 1.54) is 25.0 Å². The van der Waals surface area contributed by atoms with Crippen molar-refractivity contribution in [2.75, 3.05) is 6.61 Å². The van der Waals surface area contributed by atoms with E-state index in [0.717, 1.165) is 11.7 Å². The van der Waals surface area contributed by atoms with Gasteiger partial charge in [0.1, 0.15) is 18.2 Å². The van der Waals surface area contributed by atoms with Crippen molar-refractivity contribution in [1.82, 2.24) is 5.32 Å². The summed E-state index contributed by atoms with van der Waals surface area (Å²) < 4.78 is 18.4. The molecule has 0 spiro atoms. The van der Waals surface area contributed by atoms with Crippen molar-refractivity contribution in [3.05, 3.63) is 30.1 Å². The second kappa shape index (κ2) is 4.30. The van der Waals surface area contributed by atoms with Crippen LogP contribution in [0.15, 0.2) is 24.3 Å². The van der Waals surface area contributed by atoms with Crippen LogP contribution in [-0.4, -0.2) is 18.7 Å². The molecule has 3 fully saturated rings. The maximum atomic E-state index is 12.7. The molecule has 1 aliphatic carbocycles. The summed E-state index contributed by atoms with van der Waals surface area (Å²) in [6.07, 6.45) is 2.66. The first-order chi connectivity index (χ1) is 8.22. The molecular weight excluding hydrogens is 217 g/mol. The predicted molar refractivity (Wildman–Crippen MR) is 64.5 cm³/mol. The highest BCUT2D eigenvalue weighted by atomic mass is 19.1. The lowest BCUT2D eigenvalue weighted by Crippen LogP contribution is -2.60. The van der Waals surface area contributed by atoms with Crippen LogP contribution >= 0.6 is 0 Å². The molecule has 1 aromatic rings. The number of hydrogen-bond donors (Lipinski definition) is 1. The molecule has 0 amide bonds. The summed E-state index contributed by atoms with van der Waals surface area (Å²) in [7, 11) is 0. The van der Waals surface area contributed by atoms with Crippen molar-refractivity contribution in [2.24, 2.45) is 11.8 Å². The molecule has 3 heteroatoms. The molecule has 1 saturated carbocycles. The fraction of sp³-hybridized carbons (Fsp3) is 0.571. The second-order valence-electron chi connectivity index (χ2n) is 5.33. The number of rotatable bonds is 3. The van der Waals surface area contributed by atoms with E-state index in [-0.39, 0.29) is 5.82 Å². The fourth-order valence-electron chi connectivity index (χ4n) is 2.93. The average Bonchev–Trinajstić information content (AvgIpc) is 2.28. The quantitative estimate of drug-likeness (QED) is 0.869. The van der Waals surface area contributed by atoms with Crippen LogP contribution in [0.1, 0.15) is 19.8 Å². The lowest BCUT2D eigenvalue weighted by molar-refractivity contribution is 0.0334. The molecule has 2 bridgehead atoms. The predicted octanol–water partition coefficient (Wildman–Crippen LogP) is 2.59. The highest BCUT2D eigenvalue weighted by molar-refractivity contribution is 5.22. The molecule has 1 unspecified atom stereocenters. The minimum atomic E-state index is -0.220. The van der Waals surface area contributed by atoms with Crippen LogP contribution in [0.5, 0.6) is 5.75 Å². The van der Waals surface area contributed by atoms with Gasteiger partial charge in [-0.3, -0.25) is 0 Å². The van der Waals surface area contributed by atoms with Gasteiger partial charge in [0.25, 0.3) is 0 Å². The van der Waals surface area contributed by atoms with Crippen LogP contribution in [0, 0.1) is 17.7 Å². The number of piperidine rings is 2. The first kappa shape index (κ1) is 11.0. The van der Waals surface area contributed by atoms with Gasteiger partial charge in [0.2, 0.25) is 0 Å². The van der Waals surface area contributed by atoms with Gasteiger partial charge in [0.15, 0.2) is 0 Å². The third-order valence-corrected chi connectivity index (χ3v) is 4.25. The fourth-order valence-corrected chi connectivity index (χ4v) is 2.93. The van der Waals surface area contributed by atoms with E-state index < -0.39 is 0 Å². The molecule has 17 heavy (non-hydrogen) atoms. The molecule has 3 aliphatic rings. The topological polar surface area (TPSA) is 21.3 Å². The highest BCUT2D eigenvalue weighted by Gasteiger charge is 2.43. The van der Waals surface area contributed by atoms with Gasteiger partial charge in [0.05, 0.1) is 0 Å². The van der Waals surface area contributed by atoms with Crippen LogP contribution in [0.2, 0.25) is 0 Å². The van der Waals surface area contributed by atoms with Crippen LogP contribution in [0.25, 0.3) is 0 Å². The molecular formula is C14H18FNO. The molecule has 0 radical (unpaired) electrons. The Morgan fingerprint density at radius 2 is 2.00 bits per heavy atom. The molecule has 1 aromatic carbocycles. The Hall–Kier alpha value is -1.09. The number of hydrogen-bond acceptors (Lipinski definition) is 2. The van der Waals surface area contributed by atoms with Crippen LogP contribution < -0.4 is 10.1 Å². The Bertz CT molecular complexity index is 386. The minimum absolute atomic E-state index is 0.220. The van der Waals surface area contributed by atoms with Gasteiger partial charge >= 0.3 is 0 Å². The average molecular weight is 235 g/mol. The summed E-state index contributed by atoms with van der Waals surface area (Å²) in [4.78, 5) is 0. The van der Waals surface area contributed by atoms with E-state index >= 15 is 0 Å². The molecule has 2 heterocycles. The van der Waals surface area contributed by atoms with Crippen molar-refractivity contribution >= 4 is 0 Å². The molecule has 2 aliphatic heterocycles. The van der Waals surface area contributed by atoms with Gasteiger partial charge in [0, 0.05) is 12.1 Å². The van der Waals surface area contributed by atoms with E-state index in [1.54, 1.807) is 12.1 Å². The number of nitrogens with one attached hydrogen (secondary N) is 1. The molecule has 2 saturated heterocycles. The molecule has 0 aromatic heterocycles. The maximum absolute atomic E-state index is 12.7. The third kappa shape index (κ3) is 2.16. The molecule has 1 N–H and O–H groups in total. The Morgan fingerprint density at radius 3 is 2.65 bits per heavy atom. The van der Waals surface area contributed by atoms with Crippen molar-refractivity contribution in [2.45, 2.75) is 31.8 Å². The standard InChI is InChI=1S/C14H18FNO/c1-9-10-6-12(7-10)16-14(9)8-17-13-4-2-11(15)3-5-13/h2-5,9-10,12,14,16H,6-8H2,1H3/t9-,10?,12?,14?/m0/s1. The smallest absolute Gasteiger partial charge is 0.123 e. The van der Waals surface area contributed by atoms with Gasteiger partial charge in [-0.2, -0.15) is 0 Å². The van der Waals surface area contributed by atoms with Crippen molar-refractivity contribution < 1.29 is 9.13 Å². The van der Waals surface area contributed by atoms with Crippen molar-refractivity contribution in [3.63, 3.8) is 0 Å². The first-order valence-corrected chi connectivity index (χ1v) is 6.37. The normalized spacial score (nSPS) is 35.2. The zero-order valence-electron chi connectivity index (χ0n) is 10.0. The SMILES string of the molecule is C[C@H]1C2CC(C2)NC1COc1ccc(F)cc1. The summed E-state index contributed by atoms with van der Waals surface area (Å²) in [6.45, 7) is 2.98. The summed E-state index contributed by atoms with van der Waals surface area (Å²) >= 11 is 0. The zero-order valence-corrected chi connectivity index (χ0v) is 10.0. The zero-order chi connectivity index (χ0) is 11.8. The Labute approximate surface area is 101 Å². The lowest BCUT2D eigenvalue weighted by Gasteiger charge is -2.50. The van der Waals surface area contributed by atoms with E-state index in [1.807, 2.05) is 0 Å². The Morgan fingerprint density at radius 1 is 1.29 bits per heavy atom. The van der Waals surface area contributed by atoms with Gasteiger partial charge in [-0.15, -0.1) is 0 Å². The third-order valence-electron chi connectivity index (χ3n) is 4.25. The van der Waals surface area contributed by atoms with Gasteiger partial charge in [-0.1, -0.05) is 6.92 Å². The second-order valence-corrected chi connectivity index (χ2v) is 5.33. The summed E-state index contributed by atoms with van der Waals surface area (Å²) in [5.41, 5.74) is 0. The Balaban J connectivity index is 1.55. The number of benzene rings is 1. The summed E-state index contributed by atoms with van der Waals surface area (Å²) in [6, 6.07) is 7.39. The molecule has 2 atom stereocenters. The van der Waals surface area contributed by atoms with E-state index in [0.29, 0.717) is 24.6 Å². The van der Waals surface area contributed by atoms with E-state index in [2.05, 4.69) is 12.2 Å². The van der Waals surface area contributed by atoms with Crippen LogP contribution in [0.3, 0.4) is 0 Å². The maximum Gasteiger partial charge on any atom is 0.123 e. The Kier molecular flexibility index (Phi) is 2.79. The van der Waals surface area contributed by atoms with Crippen molar-refractivity contribution in [1.29, 1.82) is 0 Å². The van der Waals surface area contributed by atoms with Crippen molar-refractivity contribution in [3.8, 4) is 5.75 Å². The molecule has 4 rings (SSSR count). The number of ether oxygens (including phenoxy) is 1. The largest absolute Gasteiger partial charge is 0.492 e. The van der Waals surface area contributed by atoms with Crippen LogP contribution in [0.4, 0.5) is 4.39 Å². The molecule has 2 nitrogen and oxygen atoms in total. The summed E-state index contributed by atoms with van der Waals surface area (Å²) in [5, 5.41) is 3.61. The van der Waals surface area contributed by atoms with Gasteiger partial charge in [-0.25, -0.2) is 4.39 Å². The minimum Gasteiger partial charge on any atom is -0.492 e. The van der Waals surface area contributed by atoms with E-state index in [9.17, 15) is 4.39 Å². The lowest BCUT2D eigenvalue weighted by atomic mass is 9.66. The highest BCUT2D eigenvalue weighted by Crippen LogP contribution is 2.40. The van der Waals surface area contributed by atoms with Gasteiger partial charge < -0.3 is 10.1 Å².